The predicted octanol–water partition coefficient (Wildman–Crippen LogP) is 2.10. The molecule has 1 aliphatic heterocycles. The molecule has 1 atom stereocenters. The van der Waals surface area contributed by atoms with E-state index in [1.54, 1.807) is 6.07 Å². The molecule has 0 bridgehead atoms. The van der Waals surface area contributed by atoms with Gasteiger partial charge in [-0.3, -0.25) is 4.79 Å². The van der Waals surface area contributed by atoms with Crippen molar-refractivity contribution in [2.24, 2.45) is 5.73 Å². The molecule has 4 nitrogen and oxygen atoms in total. The van der Waals surface area contributed by atoms with Crippen LogP contribution in [0, 0.1) is 11.6 Å². The molecule has 0 saturated heterocycles. The molecule has 19 heavy (non-hydrogen) atoms. The second kappa shape index (κ2) is 4.17. The van der Waals surface area contributed by atoms with E-state index in [0.717, 1.165) is 17.7 Å². The van der Waals surface area contributed by atoms with Crippen LogP contribution in [-0.2, 0) is 11.3 Å². The topological polar surface area (TPSA) is 59.5 Å². The van der Waals surface area contributed by atoms with E-state index in [1.165, 1.54) is 17.4 Å². The number of carbonyl (C=O) groups excluding carboxylic acids is 1. The third-order valence-electron chi connectivity index (χ3n) is 3.13. The molecular formula is C13H10F2N2O2. The number of halogens is 2. The number of nitrogens with zero attached hydrogens (tertiary/aromatic N) is 1. The maximum absolute atomic E-state index is 13.7. The summed E-state index contributed by atoms with van der Waals surface area (Å²) >= 11 is 0. The summed E-state index contributed by atoms with van der Waals surface area (Å²) in [5.41, 5.74) is 6.62. The third kappa shape index (κ3) is 1.80. The standard InChI is InChI=1S/C13H10F2N2O2/c14-8-3-9(15)11-10(4-8)17(13(18)12(11)16)5-7-1-2-19-6-7/h1-4,6,12H,5,16H2. The van der Waals surface area contributed by atoms with E-state index in [4.69, 9.17) is 10.2 Å². The number of anilines is 1. The summed E-state index contributed by atoms with van der Waals surface area (Å²) in [7, 11) is 0. The number of rotatable bonds is 2. The number of amides is 1. The van der Waals surface area contributed by atoms with Gasteiger partial charge in [0.15, 0.2) is 0 Å². The highest BCUT2D eigenvalue weighted by molar-refractivity contribution is 6.04. The molecule has 0 saturated carbocycles. The number of hydrogen-bond acceptors (Lipinski definition) is 3. The molecule has 0 fully saturated rings. The van der Waals surface area contributed by atoms with E-state index in [2.05, 4.69) is 0 Å². The highest BCUT2D eigenvalue weighted by Gasteiger charge is 2.37. The van der Waals surface area contributed by atoms with E-state index in [0.29, 0.717) is 0 Å². The van der Waals surface area contributed by atoms with Gasteiger partial charge in [-0.1, -0.05) is 0 Å². The molecule has 0 spiro atoms. The number of benzene rings is 1. The van der Waals surface area contributed by atoms with Crippen LogP contribution in [0.5, 0.6) is 0 Å². The number of carbonyl (C=O) groups is 1. The predicted molar refractivity (Wildman–Crippen MR) is 63.2 cm³/mol. The Hall–Kier alpha value is -2.21. The van der Waals surface area contributed by atoms with Gasteiger partial charge in [-0.05, 0) is 12.1 Å². The number of fused-ring (bicyclic) bond motifs is 1. The van der Waals surface area contributed by atoms with Crippen molar-refractivity contribution in [2.75, 3.05) is 4.90 Å². The van der Waals surface area contributed by atoms with Gasteiger partial charge < -0.3 is 15.1 Å². The van der Waals surface area contributed by atoms with Gasteiger partial charge in [-0.15, -0.1) is 0 Å². The fraction of sp³-hybridized carbons (Fsp3) is 0.154. The largest absolute Gasteiger partial charge is 0.472 e. The molecule has 0 radical (unpaired) electrons. The van der Waals surface area contributed by atoms with Gasteiger partial charge in [-0.2, -0.15) is 0 Å². The van der Waals surface area contributed by atoms with Crippen molar-refractivity contribution in [2.45, 2.75) is 12.6 Å². The number of furan rings is 1. The van der Waals surface area contributed by atoms with Crippen LogP contribution < -0.4 is 10.6 Å². The van der Waals surface area contributed by atoms with Gasteiger partial charge in [0.1, 0.15) is 17.7 Å². The Morgan fingerprint density at radius 3 is 2.84 bits per heavy atom. The lowest BCUT2D eigenvalue weighted by molar-refractivity contribution is -0.119. The van der Waals surface area contributed by atoms with Gasteiger partial charge in [0.25, 0.3) is 0 Å². The van der Waals surface area contributed by atoms with Crippen LogP contribution in [0.2, 0.25) is 0 Å². The SMILES string of the molecule is NC1C(=O)N(Cc2ccoc2)c2cc(F)cc(F)c21. The Bertz CT molecular complexity index is 640. The maximum atomic E-state index is 13.7. The molecule has 3 rings (SSSR count). The summed E-state index contributed by atoms with van der Waals surface area (Å²) in [6.07, 6.45) is 2.93. The van der Waals surface area contributed by atoms with Crippen molar-refractivity contribution in [3.05, 3.63) is 53.5 Å². The van der Waals surface area contributed by atoms with Crippen molar-refractivity contribution in [3.8, 4) is 0 Å². The zero-order valence-electron chi connectivity index (χ0n) is 9.77. The summed E-state index contributed by atoms with van der Waals surface area (Å²) in [5, 5.41) is 0. The van der Waals surface area contributed by atoms with Crippen LogP contribution in [0.15, 0.2) is 35.1 Å². The Morgan fingerprint density at radius 1 is 1.37 bits per heavy atom. The van der Waals surface area contributed by atoms with Crippen LogP contribution in [0.1, 0.15) is 17.2 Å². The average Bonchev–Trinajstić information content (AvgIpc) is 2.93. The van der Waals surface area contributed by atoms with E-state index >= 15 is 0 Å². The quantitative estimate of drug-likeness (QED) is 0.903. The second-order valence-corrected chi connectivity index (χ2v) is 4.35. The lowest BCUT2D eigenvalue weighted by Gasteiger charge is -2.16. The molecule has 1 aliphatic rings. The number of nitrogens with two attached hydrogens (primary N) is 1. The smallest absolute Gasteiger partial charge is 0.249 e. The van der Waals surface area contributed by atoms with Crippen molar-refractivity contribution in [1.82, 2.24) is 0 Å². The summed E-state index contributed by atoms with van der Waals surface area (Å²) in [6.45, 7) is 0.166. The highest BCUT2D eigenvalue weighted by atomic mass is 19.1. The minimum absolute atomic E-state index is 0.0369. The van der Waals surface area contributed by atoms with Gasteiger partial charge in [0, 0.05) is 17.2 Å². The van der Waals surface area contributed by atoms with Gasteiger partial charge in [0.05, 0.1) is 24.8 Å². The summed E-state index contributed by atoms with van der Waals surface area (Å²) < 4.78 is 31.9. The van der Waals surface area contributed by atoms with Crippen molar-refractivity contribution < 1.29 is 18.0 Å². The Balaban J connectivity index is 2.06. The van der Waals surface area contributed by atoms with Crippen LogP contribution in [-0.4, -0.2) is 5.91 Å². The van der Waals surface area contributed by atoms with E-state index < -0.39 is 23.6 Å². The van der Waals surface area contributed by atoms with Gasteiger partial charge in [0.2, 0.25) is 5.91 Å². The average molecular weight is 264 g/mol. The molecule has 2 N–H and O–H groups in total. The van der Waals surface area contributed by atoms with Crippen LogP contribution in [0.3, 0.4) is 0 Å². The zero-order chi connectivity index (χ0) is 13.6. The summed E-state index contributed by atoms with van der Waals surface area (Å²) in [5.74, 6) is -2.00. The normalized spacial score (nSPS) is 17.9. The summed E-state index contributed by atoms with van der Waals surface area (Å²) in [4.78, 5) is 13.3. The van der Waals surface area contributed by atoms with Crippen LogP contribution >= 0.6 is 0 Å². The zero-order valence-corrected chi connectivity index (χ0v) is 9.77. The van der Waals surface area contributed by atoms with E-state index in [1.807, 2.05) is 0 Å². The fourth-order valence-corrected chi connectivity index (χ4v) is 2.24. The molecule has 98 valence electrons. The first-order valence-electron chi connectivity index (χ1n) is 5.65. The van der Waals surface area contributed by atoms with Crippen molar-refractivity contribution >= 4 is 11.6 Å². The minimum Gasteiger partial charge on any atom is -0.472 e. The Labute approximate surface area is 107 Å². The summed E-state index contributed by atoms with van der Waals surface area (Å²) in [6, 6.07) is 2.42. The lowest BCUT2D eigenvalue weighted by atomic mass is 10.1. The maximum Gasteiger partial charge on any atom is 0.249 e. The Morgan fingerprint density at radius 2 is 2.16 bits per heavy atom. The first kappa shape index (κ1) is 11.9. The lowest BCUT2D eigenvalue weighted by Crippen LogP contribution is -2.31. The molecular weight excluding hydrogens is 254 g/mol. The van der Waals surface area contributed by atoms with Crippen LogP contribution in [0.4, 0.5) is 14.5 Å². The third-order valence-corrected chi connectivity index (χ3v) is 3.13. The highest BCUT2D eigenvalue weighted by Crippen LogP contribution is 2.37. The Kier molecular flexibility index (Phi) is 2.60. The van der Waals surface area contributed by atoms with Crippen molar-refractivity contribution in [3.63, 3.8) is 0 Å². The first-order valence-corrected chi connectivity index (χ1v) is 5.65. The van der Waals surface area contributed by atoms with Crippen molar-refractivity contribution in [1.29, 1.82) is 0 Å². The molecule has 6 heteroatoms. The first-order chi connectivity index (χ1) is 9.08. The van der Waals surface area contributed by atoms with E-state index in [-0.39, 0.29) is 17.8 Å². The molecule has 1 aromatic heterocycles. The molecule has 1 amide bonds. The second-order valence-electron chi connectivity index (χ2n) is 4.35. The van der Waals surface area contributed by atoms with Crippen LogP contribution in [0.25, 0.3) is 0 Å². The van der Waals surface area contributed by atoms with Gasteiger partial charge >= 0.3 is 0 Å². The molecule has 1 unspecified atom stereocenters. The van der Waals surface area contributed by atoms with E-state index in [9.17, 15) is 13.6 Å². The minimum atomic E-state index is -1.09. The molecule has 0 aliphatic carbocycles. The molecule has 2 aromatic rings. The molecule has 2 heterocycles. The fourth-order valence-electron chi connectivity index (χ4n) is 2.24. The monoisotopic (exact) mass is 264 g/mol. The molecule has 1 aromatic carbocycles. The van der Waals surface area contributed by atoms with Gasteiger partial charge in [-0.25, -0.2) is 8.78 Å². The number of hydrogen-bond donors (Lipinski definition) is 1.